The maximum absolute atomic E-state index is 12.6. The van der Waals surface area contributed by atoms with Crippen LogP contribution in [0.4, 0.5) is 4.79 Å². The molecule has 30 heavy (non-hydrogen) atoms. The van der Waals surface area contributed by atoms with E-state index in [1.807, 2.05) is 0 Å². The van der Waals surface area contributed by atoms with Gasteiger partial charge in [-0.3, -0.25) is 14.6 Å². The molecule has 3 rings (SSSR count). The molecule has 0 saturated heterocycles. The Balaban J connectivity index is 1.63. The third kappa shape index (κ3) is 4.21. The van der Waals surface area contributed by atoms with Gasteiger partial charge < -0.3 is 10.0 Å². The highest BCUT2D eigenvalue weighted by Gasteiger charge is 2.44. The highest BCUT2D eigenvalue weighted by molar-refractivity contribution is 7.92. The third-order valence-electron chi connectivity index (χ3n) is 5.67. The van der Waals surface area contributed by atoms with E-state index in [1.54, 1.807) is 12.3 Å². The van der Waals surface area contributed by atoms with E-state index in [-0.39, 0.29) is 44.0 Å². The molecule has 0 bridgehead atoms. The molecule has 9 nitrogen and oxygen atoms in total. The molecule has 1 aromatic rings. The Kier molecular flexibility index (Phi) is 5.95. The zero-order valence-corrected chi connectivity index (χ0v) is 17.5. The van der Waals surface area contributed by atoms with Crippen LogP contribution in [-0.4, -0.2) is 64.3 Å². The molecule has 1 aromatic heterocycles. The lowest BCUT2D eigenvalue weighted by Gasteiger charge is -2.27. The van der Waals surface area contributed by atoms with Gasteiger partial charge in [0.25, 0.3) is 5.91 Å². The number of fused-ring (bicyclic) bond motifs is 1. The number of hydrogen-bond acceptors (Lipinski definition) is 6. The Bertz CT molecular complexity index is 1100. The zero-order valence-electron chi connectivity index (χ0n) is 16.7. The Morgan fingerprint density at radius 1 is 1.40 bits per heavy atom. The Morgan fingerprint density at radius 2 is 2.13 bits per heavy atom. The highest BCUT2D eigenvalue weighted by Crippen LogP contribution is 2.36. The second-order valence-electron chi connectivity index (χ2n) is 7.79. The summed E-state index contributed by atoms with van der Waals surface area (Å²) in [4.78, 5) is 25.9. The molecule has 0 spiro atoms. The van der Waals surface area contributed by atoms with Crippen molar-refractivity contribution in [2.75, 3.05) is 19.4 Å². The molecule has 3 N–H and O–H groups in total. The third-order valence-corrected chi connectivity index (χ3v) is 7.70. The molecule has 2 heterocycles. The zero-order chi connectivity index (χ0) is 22.1. The van der Waals surface area contributed by atoms with Gasteiger partial charge in [0, 0.05) is 42.8 Å². The van der Waals surface area contributed by atoms with E-state index < -0.39 is 20.5 Å². The van der Waals surface area contributed by atoms with Gasteiger partial charge in [-0.05, 0) is 43.6 Å². The van der Waals surface area contributed by atoms with Crippen molar-refractivity contribution in [2.45, 2.75) is 31.1 Å². The minimum absolute atomic E-state index is 0.0252. The summed E-state index contributed by atoms with van der Waals surface area (Å²) in [5.41, 5.74) is 2.74. The molecule has 10 heteroatoms. The lowest BCUT2D eigenvalue weighted by molar-refractivity contribution is -0.131. The Morgan fingerprint density at radius 3 is 2.70 bits per heavy atom. The number of rotatable bonds is 6. The van der Waals surface area contributed by atoms with Crippen molar-refractivity contribution in [3.8, 4) is 23.7 Å². The minimum Gasteiger partial charge on any atom is -0.396 e. The number of carbonyl (C=O) groups excluding carboxylic acids is 2. The van der Waals surface area contributed by atoms with Gasteiger partial charge in [0.05, 0.1) is 6.54 Å². The van der Waals surface area contributed by atoms with Gasteiger partial charge in [0.2, 0.25) is 0 Å². The number of nitrogens with one attached hydrogen (secondary N) is 1. The molecule has 2 amide bonds. The SMILES string of the molecule is CC(CCN1Cc2cc(C#CC#C[C@@H]3C[C@H]3CO)cn2C1=O)(C(=O)NO)S(C)(=O)=O. The van der Waals surface area contributed by atoms with Gasteiger partial charge in [-0.15, -0.1) is 0 Å². The summed E-state index contributed by atoms with van der Waals surface area (Å²) in [6, 6.07) is 1.42. The molecule has 1 aliphatic carbocycles. The van der Waals surface area contributed by atoms with Crippen molar-refractivity contribution in [1.82, 2.24) is 14.9 Å². The van der Waals surface area contributed by atoms with E-state index in [4.69, 9.17) is 10.3 Å². The normalized spacial score (nSPS) is 21.6. The topological polar surface area (TPSA) is 129 Å². The molecule has 2 aliphatic rings. The average Bonchev–Trinajstić information content (AvgIpc) is 3.25. The average molecular weight is 433 g/mol. The summed E-state index contributed by atoms with van der Waals surface area (Å²) in [7, 11) is -3.83. The number of carbonyl (C=O) groups is 2. The minimum atomic E-state index is -3.83. The van der Waals surface area contributed by atoms with Gasteiger partial charge in [-0.25, -0.2) is 18.7 Å². The fraction of sp³-hybridized carbons (Fsp3) is 0.500. The standard InChI is InChI=1S/C20H23N3O6S/c1-20(18(25)21-27,30(2,28)29)7-8-22-12-17-9-14(11-23(17)19(22)26)5-3-4-6-15-10-16(15)13-24/h9,11,15-16,24,27H,7-8,10,12-13H2,1-2H3,(H,21,25)/t15-,16+,20?/m1/s1. The first-order valence-electron chi connectivity index (χ1n) is 9.38. The fourth-order valence-corrected chi connectivity index (χ4v) is 4.10. The number of aliphatic hydroxyl groups excluding tert-OH is 1. The summed E-state index contributed by atoms with van der Waals surface area (Å²) >= 11 is 0. The van der Waals surface area contributed by atoms with Crippen LogP contribution in [0.3, 0.4) is 0 Å². The number of aliphatic hydroxyl groups is 1. The van der Waals surface area contributed by atoms with Crippen molar-refractivity contribution in [3.63, 3.8) is 0 Å². The van der Waals surface area contributed by atoms with Gasteiger partial charge in [-0.1, -0.05) is 11.8 Å². The fourth-order valence-electron chi connectivity index (χ4n) is 3.26. The number of hydrogen-bond donors (Lipinski definition) is 3. The first-order chi connectivity index (χ1) is 14.1. The predicted octanol–water partition coefficient (Wildman–Crippen LogP) is -0.0461. The van der Waals surface area contributed by atoms with Gasteiger partial charge in [0.15, 0.2) is 14.6 Å². The molecule has 1 aliphatic heterocycles. The number of nitrogens with zero attached hydrogens (tertiary/aromatic N) is 2. The monoisotopic (exact) mass is 433 g/mol. The largest absolute Gasteiger partial charge is 0.396 e. The molecule has 1 fully saturated rings. The molecule has 3 atom stereocenters. The van der Waals surface area contributed by atoms with Crippen molar-refractivity contribution in [1.29, 1.82) is 0 Å². The summed E-state index contributed by atoms with van der Waals surface area (Å²) in [5.74, 6) is 10.8. The van der Waals surface area contributed by atoms with E-state index in [0.717, 1.165) is 12.7 Å². The smallest absolute Gasteiger partial charge is 0.328 e. The van der Waals surface area contributed by atoms with E-state index in [1.165, 1.54) is 21.9 Å². The molecule has 0 aromatic carbocycles. The van der Waals surface area contributed by atoms with Crippen LogP contribution in [0.15, 0.2) is 12.3 Å². The molecular formula is C20H23N3O6S. The summed E-state index contributed by atoms with van der Waals surface area (Å²) < 4.78 is 23.7. The molecular weight excluding hydrogens is 410 g/mol. The van der Waals surface area contributed by atoms with Crippen LogP contribution in [0.1, 0.15) is 31.0 Å². The Hall–Kier alpha value is -2.79. The van der Waals surface area contributed by atoms with E-state index >= 15 is 0 Å². The van der Waals surface area contributed by atoms with E-state index in [9.17, 15) is 18.0 Å². The number of amides is 2. The van der Waals surface area contributed by atoms with Crippen molar-refractivity contribution < 1.29 is 28.3 Å². The first kappa shape index (κ1) is 21.9. The van der Waals surface area contributed by atoms with Crippen LogP contribution in [0.2, 0.25) is 0 Å². The van der Waals surface area contributed by atoms with Crippen molar-refractivity contribution in [3.05, 3.63) is 23.5 Å². The molecule has 1 unspecified atom stereocenters. The lowest BCUT2D eigenvalue weighted by Crippen LogP contribution is -2.50. The second kappa shape index (κ2) is 8.15. The van der Waals surface area contributed by atoms with Crippen LogP contribution in [0.5, 0.6) is 0 Å². The van der Waals surface area contributed by atoms with Gasteiger partial charge >= 0.3 is 6.03 Å². The molecule has 1 saturated carbocycles. The number of hydroxylamine groups is 1. The Labute approximate surface area is 174 Å². The highest BCUT2D eigenvalue weighted by atomic mass is 32.2. The molecule has 160 valence electrons. The van der Waals surface area contributed by atoms with E-state index in [2.05, 4.69) is 23.7 Å². The number of aromatic nitrogens is 1. The van der Waals surface area contributed by atoms with Crippen LogP contribution >= 0.6 is 0 Å². The summed E-state index contributed by atoms with van der Waals surface area (Å²) in [6.07, 6.45) is 3.25. The quantitative estimate of drug-likeness (QED) is 0.328. The second-order valence-corrected chi connectivity index (χ2v) is 10.2. The van der Waals surface area contributed by atoms with Gasteiger partial charge in [0.1, 0.15) is 0 Å². The predicted molar refractivity (Wildman–Crippen MR) is 107 cm³/mol. The van der Waals surface area contributed by atoms with Crippen LogP contribution in [-0.2, 0) is 21.2 Å². The van der Waals surface area contributed by atoms with Crippen LogP contribution in [0, 0.1) is 35.5 Å². The van der Waals surface area contributed by atoms with Crippen LogP contribution in [0.25, 0.3) is 0 Å². The maximum atomic E-state index is 12.6. The molecule has 0 radical (unpaired) electrons. The van der Waals surface area contributed by atoms with Crippen molar-refractivity contribution in [2.24, 2.45) is 11.8 Å². The first-order valence-corrected chi connectivity index (χ1v) is 11.3. The summed E-state index contributed by atoms with van der Waals surface area (Å²) in [6.45, 7) is 1.64. The van der Waals surface area contributed by atoms with Gasteiger partial charge in [-0.2, -0.15) is 0 Å². The lowest BCUT2D eigenvalue weighted by atomic mass is 10.1. The summed E-state index contributed by atoms with van der Waals surface area (Å²) in [5, 5.41) is 17.9. The van der Waals surface area contributed by atoms with Crippen molar-refractivity contribution >= 4 is 21.8 Å². The van der Waals surface area contributed by atoms with Crippen LogP contribution < -0.4 is 5.48 Å². The maximum Gasteiger partial charge on any atom is 0.328 e. The van der Waals surface area contributed by atoms with E-state index in [0.29, 0.717) is 11.3 Å². The number of sulfone groups is 1.